The Morgan fingerprint density at radius 3 is 2.58 bits per heavy atom. The summed E-state index contributed by atoms with van der Waals surface area (Å²) in [6.45, 7) is 2.06. The highest BCUT2D eigenvalue weighted by molar-refractivity contribution is 6.01. The van der Waals surface area contributed by atoms with Crippen LogP contribution in [0.5, 0.6) is 0 Å². The van der Waals surface area contributed by atoms with Crippen LogP contribution in [-0.2, 0) is 18.9 Å². The van der Waals surface area contributed by atoms with Crippen LogP contribution in [0, 0.1) is 12.8 Å². The normalized spacial score (nSPS) is 16.9. The Labute approximate surface area is 208 Å². The van der Waals surface area contributed by atoms with Crippen LogP contribution in [-0.4, -0.2) is 35.4 Å². The molecule has 36 heavy (non-hydrogen) atoms. The fourth-order valence-corrected chi connectivity index (χ4v) is 4.89. The molecule has 4 aromatic heterocycles. The molecule has 9 nitrogen and oxygen atoms in total. The summed E-state index contributed by atoms with van der Waals surface area (Å²) < 4.78 is 3.52. The van der Waals surface area contributed by atoms with Gasteiger partial charge < -0.3 is 11.1 Å². The molecule has 0 saturated heterocycles. The number of nitrogens with zero attached hydrogens (tertiary/aromatic N) is 6. The van der Waals surface area contributed by atoms with Crippen molar-refractivity contribution in [2.75, 3.05) is 11.1 Å². The predicted octanol–water partition coefficient (Wildman–Crippen LogP) is 4.06. The molecule has 9 heteroatoms. The number of nitrogens with two attached hydrogens (primary N) is 1. The largest absolute Gasteiger partial charge is 0.398 e. The Hall–Kier alpha value is -4.53. The van der Waals surface area contributed by atoms with Gasteiger partial charge in [-0.1, -0.05) is 0 Å². The molecular weight excluding hydrogens is 452 g/mol. The molecule has 0 aliphatic heterocycles. The SMILES string of the molecule is Cc1ccnc(-c2cnn(C)c2)c1-c1cc(N)c2cnc(NC(=O)C3CC3c3cnn(C)c3)cc2c1. The monoisotopic (exact) mass is 478 g/mol. The molecule has 1 amide bonds. The second-order valence-corrected chi connectivity index (χ2v) is 9.50. The summed E-state index contributed by atoms with van der Waals surface area (Å²) in [6, 6.07) is 7.89. The first-order valence-corrected chi connectivity index (χ1v) is 11.8. The maximum atomic E-state index is 12.9. The summed E-state index contributed by atoms with van der Waals surface area (Å²) in [5.74, 6) is 0.627. The first kappa shape index (κ1) is 22.0. The molecule has 180 valence electrons. The Morgan fingerprint density at radius 1 is 1.03 bits per heavy atom. The molecule has 1 aromatic carbocycles. The number of carbonyl (C=O) groups excluding carboxylic acids is 1. The highest BCUT2D eigenvalue weighted by Crippen LogP contribution is 2.48. The van der Waals surface area contributed by atoms with Gasteiger partial charge in [0.25, 0.3) is 0 Å². The zero-order valence-corrected chi connectivity index (χ0v) is 20.3. The van der Waals surface area contributed by atoms with E-state index in [-0.39, 0.29) is 17.7 Å². The van der Waals surface area contributed by atoms with Crippen LogP contribution in [0.2, 0.25) is 0 Å². The minimum atomic E-state index is -0.0665. The lowest BCUT2D eigenvalue weighted by Crippen LogP contribution is -2.15. The Morgan fingerprint density at radius 2 is 1.83 bits per heavy atom. The van der Waals surface area contributed by atoms with E-state index in [2.05, 4.69) is 38.5 Å². The number of benzene rings is 1. The molecule has 1 saturated carbocycles. The molecule has 5 aromatic rings. The van der Waals surface area contributed by atoms with E-state index in [0.29, 0.717) is 11.5 Å². The van der Waals surface area contributed by atoms with Gasteiger partial charge in [0.15, 0.2) is 0 Å². The van der Waals surface area contributed by atoms with Crippen LogP contribution < -0.4 is 11.1 Å². The highest BCUT2D eigenvalue weighted by Gasteiger charge is 2.44. The number of hydrogen-bond donors (Lipinski definition) is 2. The maximum Gasteiger partial charge on any atom is 0.229 e. The molecule has 3 N–H and O–H groups in total. The third-order valence-electron chi connectivity index (χ3n) is 6.83. The lowest BCUT2D eigenvalue weighted by atomic mass is 9.94. The minimum absolute atomic E-state index is 0.0261. The van der Waals surface area contributed by atoms with Crippen LogP contribution in [0.3, 0.4) is 0 Å². The second kappa shape index (κ2) is 8.30. The Kier molecular flexibility index (Phi) is 5.06. The van der Waals surface area contributed by atoms with Crippen LogP contribution >= 0.6 is 0 Å². The summed E-state index contributed by atoms with van der Waals surface area (Å²) in [5.41, 5.74) is 13.0. The van der Waals surface area contributed by atoms with E-state index in [9.17, 15) is 4.79 Å². The number of hydrogen-bond acceptors (Lipinski definition) is 6. The van der Waals surface area contributed by atoms with Crippen molar-refractivity contribution in [1.82, 2.24) is 29.5 Å². The predicted molar refractivity (Wildman–Crippen MR) is 139 cm³/mol. The minimum Gasteiger partial charge on any atom is -0.398 e. The summed E-state index contributed by atoms with van der Waals surface area (Å²) >= 11 is 0. The standard InChI is InChI=1S/C27H26N8O/c1-15-4-5-29-26(19-11-32-35(3)14-19)25(15)17-6-16-8-24(30-12-22(16)23(28)7-17)33-27(36)21-9-20(21)18-10-31-34(2)13-18/h4-8,10-14,20-21H,9,28H2,1-3H3,(H,30,33,36). The van der Waals surface area contributed by atoms with Gasteiger partial charge in [-0.3, -0.25) is 19.1 Å². The first-order chi connectivity index (χ1) is 17.4. The van der Waals surface area contributed by atoms with E-state index in [0.717, 1.165) is 50.7 Å². The van der Waals surface area contributed by atoms with Crippen molar-refractivity contribution in [3.63, 3.8) is 0 Å². The number of pyridine rings is 2. The molecule has 4 heterocycles. The Bertz CT molecular complexity index is 1630. The fraction of sp³-hybridized carbons (Fsp3) is 0.222. The molecular formula is C27H26N8O. The van der Waals surface area contributed by atoms with E-state index in [1.54, 1.807) is 21.8 Å². The van der Waals surface area contributed by atoms with Gasteiger partial charge in [0.2, 0.25) is 5.91 Å². The molecule has 1 aliphatic rings. The summed E-state index contributed by atoms with van der Waals surface area (Å²) in [6.07, 6.45) is 11.9. The van der Waals surface area contributed by atoms with Gasteiger partial charge in [0, 0.05) is 67.0 Å². The average Bonchev–Trinajstić information content (AvgIpc) is 3.35. The number of fused-ring (bicyclic) bond motifs is 1. The number of nitrogens with one attached hydrogen (secondary N) is 1. The number of anilines is 2. The van der Waals surface area contributed by atoms with Crippen molar-refractivity contribution in [1.29, 1.82) is 0 Å². The smallest absolute Gasteiger partial charge is 0.229 e. The van der Waals surface area contributed by atoms with Crippen molar-refractivity contribution in [3.8, 4) is 22.4 Å². The maximum absolute atomic E-state index is 12.9. The van der Waals surface area contributed by atoms with Gasteiger partial charge in [0.05, 0.1) is 18.1 Å². The Balaban J connectivity index is 1.33. The van der Waals surface area contributed by atoms with Crippen molar-refractivity contribution in [2.24, 2.45) is 20.0 Å². The summed E-state index contributed by atoms with van der Waals surface area (Å²) in [7, 11) is 3.77. The number of rotatable bonds is 5. The summed E-state index contributed by atoms with van der Waals surface area (Å²) in [5, 5.41) is 13.2. The van der Waals surface area contributed by atoms with Gasteiger partial charge in [-0.05, 0) is 65.6 Å². The molecule has 2 atom stereocenters. The number of amides is 1. The van der Waals surface area contributed by atoms with E-state index >= 15 is 0 Å². The molecule has 0 radical (unpaired) electrons. The topological polar surface area (TPSA) is 117 Å². The van der Waals surface area contributed by atoms with Crippen LogP contribution in [0.4, 0.5) is 11.5 Å². The fourth-order valence-electron chi connectivity index (χ4n) is 4.89. The molecule has 2 unspecified atom stereocenters. The second-order valence-electron chi connectivity index (χ2n) is 9.50. The number of nitrogen functional groups attached to an aromatic ring is 1. The van der Waals surface area contributed by atoms with E-state index in [4.69, 9.17) is 5.73 Å². The zero-order chi connectivity index (χ0) is 25.0. The van der Waals surface area contributed by atoms with Crippen LogP contribution in [0.1, 0.15) is 23.5 Å². The number of aromatic nitrogens is 6. The quantitative estimate of drug-likeness (QED) is 0.368. The van der Waals surface area contributed by atoms with E-state index < -0.39 is 0 Å². The van der Waals surface area contributed by atoms with Crippen molar-refractivity contribution < 1.29 is 4.79 Å². The zero-order valence-electron chi connectivity index (χ0n) is 20.3. The first-order valence-electron chi connectivity index (χ1n) is 11.8. The lowest BCUT2D eigenvalue weighted by Gasteiger charge is -2.14. The van der Waals surface area contributed by atoms with Gasteiger partial charge in [-0.25, -0.2) is 4.98 Å². The van der Waals surface area contributed by atoms with Gasteiger partial charge in [-0.15, -0.1) is 0 Å². The average molecular weight is 479 g/mol. The van der Waals surface area contributed by atoms with Crippen molar-refractivity contribution in [2.45, 2.75) is 19.3 Å². The van der Waals surface area contributed by atoms with Crippen LogP contribution in [0.15, 0.2) is 61.4 Å². The molecule has 0 bridgehead atoms. The molecule has 1 aliphatic carbocycles. The third kappa shape index (κ3) is 3.88. The van der Waals surface area contributed by atoms with Gasteiger partial charge in [-0.2, -0.15) is 10.2 Å². The molecule has 0 spiro atoms. The third-order valence-corrected chi connectivity index (χ3v) is 6.83. The lowest BCUT2D eigenvalue weighted by molar-refractivity contribution is -0.117. The van der Waals surface area contributed by atoms with Gasteiger partial charge >= 0.3 is 0 Å². The van der Waals surface area contributed by atoms with Crippen molar-refractivity contribution in [3.05, 3.63) is 72.6 Å². The number of aryl methyl sites for hydroxylation is 3. The molecule has 1 fully saturated rings. The summed E-state index contributed by atoms with van der Waals surface area (Å²) in [4.78, 5) is 22.0. The van der Waals surface area contributed by atoms with Crippen LogP contribution in [0.25, 0.3) is 33.2 Å². The van der Waals surface area contributed by atoms with Crippen molar-refractivity contribution >= 4 is 28.2 Å². The highest BCUT2D eigenvalue weighted by atomic mass is 16.2. The van der Waals surface area contributed by atoms with E-state index in [1.807, 2.05) is 57.1 Å². The number of carbonyl (C=O) groups is 1. The van der Waals surface area contributed by atoms with E-state index in [1.165, 1.54) is 0 Å². The van der Waals surface area contributed by atoms with Gasteiger partial charge in [0.1, 0.15) is 5.82 Å². The molecule has 6 rings (SSSR count).